The normalized spacial score (nSPS) is 28.1. The second-order valence-corrected chi connectivity index (χ2v) is 3.22. The molecule has 74 valence electrons. The summed E-state index contributed by atoms with van der Waals surface area (Å²) in [6, 6.07) is -0.232. The quantitative estimate of drug-likeness (QED) is 0.649. The lowest BCUT2D eigenvalue weighted by atomic mass is 10.1. The van der Waals surface area contributed by atoms with Gasteiger partial charge in [0.2, 0.25) is 5.24 Å². The summed E-state index contributed by atoms with van der Waals surface area (Å²) in [6.45, 7) is 0.204. The zero-order valence-corrected chi connectivity index (χ0v) is 7.58. The third-order valence-corrected chi connectivity index (χ3v) is 2.10. The Hall–Kier alpha value is -0.810. The largest absolute Gasteiger partial charge is 0.465 e. The molecule has 0 saturated carbocycles. The smallest absolute Gasteiger partial charge is 0.404 e. The molecule has 1 saturated heterocycles. The van der Waals surface area contributed by atoms with Crippen LogP contribution in [0.3, 0.4) is 0 Å². The van der Waals surface area contributed by atoms with Crippen LogP contribution in [0.15, 0.2) is 0 Å². The maximum atomic E-state index is 10.6. The van der Waals surface area contributed by atoms with Crippen molar-refractivity contribution >= 4 is 22.9 Å². The predicted octanol–water partition coefficient (Wildman–Crippen LogP) is 0.567. The van der Waals surface area contributed by atoms with Crippen molar-refractivity contribution in [3.63, 3.8) is 0 Å². The van der Waals surface area contributed by atoms with Gasteiger partial charge in [-0.3, -0.25) is 4.79 Å². The van der Waals surface area contributed by atoms with Crippen molar-refractivity contribution in [2.24, 2.45) is 0 Å². The molecule has 5 nitrogen and oxygen atoms in total. The lowest BCUT2D eigenvalue weighted by Gasteiger charge is -2.26. The molecule has 2 atom stereocenters. The first kappa shape index (κ1) is 10.3. The summed E-state index contributed by atoms with van der Waals surface area (Å²) < 4.78 is 5.05. The molecule has 1 amide bonds. The Labute approximate surface area is 80.0 Å². The molecule has 0 aliphatic carbocycles. The zero-order valence-electron chi connectivity index (χ0n) is 6.83. The summed E-state index contributed by atoms with van der Waals surface area (Å²) in [4.78, 5) is 20.9. The fraction of sp³-hybridized carbons (Fsp3) is 0.714. The highest BCUT2D eigenvalue weighted by Crippen LogP contribution is 2.15. The van der Waals surface area contributed by atoms with Gasteiger partial charge in [-0.2, -0.15) is 0 Å². The molecule has 0 aromatic heterocycles. The van der Waals surface area contributed by atoms with E-state index in [1.807, 2.05) is 0 Å². The van der Waals surface area contributed by atoms with Crippen molar-refractivity contribution in [2.45, 2.75) is 25.0 Å². The van der Waals surface area contributed by atoms with Crippen LogP contribution in [0.4, 0.5) is 4.79 Å². The zero-order chi connectivity index (χ0) is 9.84. The van der Waals surface area contributed by atoms with E-state index in [9.17, 15) is 9.59 Å². The van der Waals surface area contributed by atoms with Crippen LogP contribution in [-0.4, -0.2) is 35.2 Å². The van der Waals surface area contributed by atoms with E-state index in [1.165, 1.54) is 0 Å². The fourth-order valence-corrected chi connectivity index (χ4v) is 1.39. The van der Waals surface area contributed by atoms with E-state index in [1.54, 1.807) is 0 Å². The minimum atomic E-state index is -1.08. The second kappa shape index (κ2) is 4.43. The average Bonchev–Trinajstić information content (AvgIpc) is 2.04. The van der Waals surface area contributed by atoms with E-state index in [2.05, 4.69) is 5.32 Å². The van der Waals surface area contributed by atoms with E-state index >= 15 is 0 Å². The van der Waals surface area contributed by atoms with Crippen LogP contribution < -0.4 is 5.32 Å². The van der Waals surface area contributed by atoms with Crippen LogP contribution in [0.5, 0.6) is 0 Å². The van der Waals surface area contributed by atoms with E-state index < -0.39 is 17.4 Å². The van der Waals surface area contributed by atoms with Gasteiger partial charge in [-0.1, -0.05) is 0 Å². The molecule has 6 heteroatoms. The SMILES string of the molecule is O=C(O)N[C@@H]1CC[C@@H](C(=O)Cl)OC1. The molecule has 13 heavy (non-hydrogen) atoms. The third-order valence-electron chi connectivity index (χ3n) is 1.86. The molecule has 0 spiro atoms. The highest BCUT2D eigenvalue weighted by atomic mass is 35.5. The van der Waals surface area contributed by atoms with Crippen molar-refractivity contribution < 1.29 is 19.4 Å². The maximum absolute atomic E-state index is 10.6. The van der Waals surface area contributed by atoms with Gasteiger partial charge in [-0.15, -0.1) is 0 Å². The number of hydrogen-bond donors (Lipinski definition) is 2. The minimum absolute atomic E-state index is 0.204. The monoisotopic (exact) mass is 207 g/mol. The Kier molecular flexibility index (Phi) is 3.50. The van der Waals surface area contributed by atoms with Crippen LogP contribution in [0.25, 0.3) is 0 Å². The van der Waals surface area contributed by atoms with Crippen molar-refractivity contribution in [3.8, 4) is 0 Å². The molecule has 0 aromatic carbocycles. The number of carbonyl (C=O) groups excluding carboxylic acids is 1. The number of hydrogen-bond acceptors (Lipinski definition) is 3. The Morgan fingerprint density at radius 2 is 2.15 bits per heavy atom. The summed E-state index contributed by atoms with van der Waals surface area (Å²) in [5, 5.41) is 10.1. The van der Waals surface area contributed by atoms with E-state index in [4.69, 9.17) is 21.4 Å². The molecular weight excluding hydrogens is 198 g/mol. The number of ether oxygens (including phenoxy) is 1. The highest BCUT2D eigenvalue weighted by molar-refractivity contribution is 6.64. The van der Waals surface area contributed by atoms with Gasteiger partial charge in [0.05, 0.1) is 12.6 Å². The highest BCUT2D eigenvalue weighted by Gasteiger charge is 2.26. The van der Waals surface area contributed by atoms with E-state index in [-0.39, 0.29) is 12.6 Å². The number of nitrogens with one attached hydrogen (secondary N) is 1. The lowest BCUT2D eigenvalue weighted by molar-refractivity contribution is -0.125. The number of rotatable bonds is 2. The number of carboxylic acid groups (broad SMARTS) is 1. The topological polar surface area (TPSA) is 75.6 Å². The molecule has 1 heterocycles. The Bertz CT molecular complexity index is 213. The molecule has 1 aliphatic rings. The average molecular weight is 208 g/mol. The van der Waals surface area contributed by atoms with Gasteiger partial charge in [0, 0.05) is 0 Å². The summed E-state index contributed by atoms with van der Waals surface area (Å²) in [5.74, 6) is 0. The maximum Gasteiger partial charge on any atom is 0.404 e. The second-order valence-electron chi connectivity index (χ2n) is 2.85. The van der Waals surface area contributed by atoms with E-state index in [0.717, 1.165) is 0 Å². The van der Waals surface area contributed by atoms with Crippen molar-refractivity contribution in [2.75, 3.05) is 6.61 Å². The predicted molar refractivity (Wildman–Crippen MR) is 44.8 cm³/mol. The Morgan fingerprint density at radius 1 is 1.46 bits per heavy atom. The molecule has 0 unspecified atom stereocenters. The lowest BCUT2D eigenvalue weighted by Crippen LogP contribution is -2.43. The van der Waals surface area contributed by atoms with Crippen LogP contribution >= 0.6 is 11.6 Å². The molecule has 0 radical (unpaired) electrons. The summed E-state index contributed by atoms with van der Waals surface area (Å²) >= 11 is 5.21. The van der Waals surface area contributed by atoms with Crippen LogP contribution in [0, 0.1) is 0 Å². The van der Waals surface area contributed by atoms with E-state index in [0.29, 0.717) is 12.8 Å². The van der Waals surface area contributed by atoms with Crippen molar-refractivity contribution in [3.05, 3.63) is 0 Å². The third kappa shape index (κ3) is 3.20. The first-order chi connectivity index (χ1) is 6.09. The molecule has 0 bridgehead atoms. The first-order valence-electron chi connectivity index (χ1n) is 3.90. The van der Waals surface area contributed by atoms with Gasteiger partial charge in [0.15, 0.2) is 0 Å². The Balaban J connectivity index is 2.30. The Morgan fingerprint density at radius 3 is 2.54 bits per heavy atom. The van der Waals surface area contributed by atoms with Gasteiger partial charge in [0.25, 0.3) is 0 Å². The van der Waals surface area contributed by atoms with Gasteiger partial charge in [-0.05, 0) is 24.4 Å². The first-order valence-corrected chi connectivity index (χ1v) is 4.28. The molecule has 1 aliphatic heterocycles. The van der Waals surface area contributed by atoms with Crippen LogP contribution in [-0.2, 0) is 9.53 Å². The fourth-order valence-electron chi connectivity index (χ4n) is 1.22. The van der Waals surface area contributed by atoms with Gasteiger partial charge in [-0.25, -0.2) is 4.79 Å². The molecular formula is C7H10ClNO4. The number of carbonyl (C=O) groups is 2. The minimum Gasteiger partial charge on any atom is -0.465 e. The molecule has 1 fully saturated rings. The van der Waals surface area contributed by atoms with Crippen molar-refractivity contribution in [1.82, 2.24) is 5.32 Å². The molecule has 2 N–H and O–H groups in total. The summed E-state index contributed by atoms with van der Waals surface area (Å²) in [7, 11) is 0. The van der Waals surface area contributed by atoms with Crippen molar-refractivity contribution in [1.29, 1.82) is 0 Å². The van der Waals surface area contributed by atoms with Crippen LogP contribution in [0.1, 0.15) is 12.8 Å². The number of halogens is 1. The van der Waals surface area contributed by atoms with Gasteiger partial charge in [0.1, 0.15) is 6.10 Å². The summed E-state index contributed by atoms with van der Waals surface area (Å²) in [5.41, 5.74) is 0. The van der Waals surface area contributed by atoms with Gasteiger partial charge < -0.3 is 15.2 Å². The standard InChI is InChI=1S/C7H10ClNO4/c8-6(10)5-2-1-4(3-13-5)9-7(11)12/h4-5,9H,1-3H2,(H,11,12)/t4-,5+/m1/s1. The van der Waals surface area contributed by atoms with Crippen LogP contribution in [0.2, 0.25) is 0 Å². The molecule has 1 rings (SSSR count). The summed E-state index contributed by atoms with van der Waals surface area (Å²) in [6.07, 6.45) is -0.610. The number of amides is 1. The van der Waals surface area contributed by atoms with Gasteiger partial charge >= 0.3 is 6.09 Å². The molecule has 0 aromatic rings.